The molecule has 3 aromatic rings. The Kier molecular flexibility index (Phi) is 3.22. The van der Waals surface area contributed by atoms with Crippen molar-refractivity contribution in [2.24, 2.45) is 5.73 Å². The minimum absolute atomic E-state index is 0.478. The summed E-state index contributed by atoms with van der Waals surface area (Å²) >= 11 is 0. The number of nitrogens with zero attached hydrogens (tertiary/aromatic N) is 4. The zero-order valence-electron chi connectivity index (χ0n) is 12.5. The fraction of sp³-hybridized carbons (Fsp3) is 0.312. The van der Waals surface area contributed by atoms with E-state index in [2.05, 4.69) is 27.4 Å². The zero-order valence-corrected chi connectivity index (χ0v) is 12.5. The van der Waals surface area contributed by atoms with E-state index in [0.717, 1.165) is 22.3 Å². The van der Waals surface area contributed by atoms with Gasteiger partial charge in [-0.2, -0.15) is 0 Å². The number of aromatic nitrogens is 4. The first kappa shape index (κ1) is 13.7. The summed E-state index contributed by atoms with van der Waals surface area (Å²) in [4.78, 5) is 4.56. The number of para-hydroxylation sites is 1. The molecule has 0 bridgehead atoms. The molecular weight excluding hydrogens is 262 g/mol. The molecule has 21 heavy (non-hydrogen) atoms. The Balaban J connectivity index is 2.00. The Bertz CT molecular complexity index is 783. The summed E-state index contributed by atoms with van der Waals surface area (Å²) in [5.41, 5.74) is 9.56. The van der Waals surface area contributed by atoms with Crippen LogP contribution in [0.5, 0.6) is 0 Å². The van der Waals surface area contributed by atoms with Crippen LogP contribution >= 0.6 is 0 Å². The molecule has 0 radical (unpaired) electrons. The lowest BCUT2D eigenvalue weighted by Crippen LogP contribution is -2.29. The maximum absolute atomic E-state index is 6.05. The lowest BCUT2D eigenvalue weighted by Gasteiger charge is -2.13. The monoisotopic (exact) mass is 281 g/mol. The van der Waals surface area contributed by atoms with Crippen LogP contribution in [0.1, 0.15) is 30.8 Å². The SMILES string of the molecule is Cc1cc(Cn2cc(C(C)(C)N)nn2)c2ccccc2n1. The van der Waals surface area contributed by atoms with Crippen LogP contribution in [-0.2, 0) is 12.1 Å². The molecule has 0 atom stereocenters. The van der Waals surface area contributed by atoms with Crippen molar-refractivity contribution in [1.82, 2.24) is 20.0 Å². The molecule has 108 valence electrons. The van der Waals surface area contributed by atoms with Crippen LogP contribution in [0, 0.1) is 6.92 Å². The van der Waals surface area contributed by atoms with Crippen LogP contribution in [0.2, 0.25) is 0 Å². The molecule has 2 heterocycles. The van der Waals surface area contributed by atoms with Gasteiger partial charge in [0.2, 0.25) is 0 Å². The first-order chi connectivity index (χ1) is 9.93. The second-order valence-corrected chi connectivity index (χ2v) is 5.96. The van der Waals surface area contributed by atoms with Gasteiger partial charge in [0, 0.05) is 11.1 Å². The van der Waals surface area contributed by atoms with Crippen molar-refractivity contribution in [1.29, 1.82) is 0 Å². The standard InChI is InChI=1S/C16H19N5/c1-11-8-12(13-6-4-5-7-14(13)18-11)9-21-10-15(19-20-21)16(2,3)17/h4-8,10H,9,17H2,1-3H3. The third-order valence-electron chi connectivity index (χ3n) is 3.46. The van der Waals surface area contributed by atoms with Crippen LogP contribution in [-0.4, -0.2) is 20.0 Å². The van der Waals surface area contributed by atoms with Gasteiger partial charge < -0.3 is 5.73 Å². The molecule has 0 amide bonds. The third kappa shape index (κ3) is 2.78. The molecule has 5 heteroatoms. The second kappa shape index (κ2) is 4.93. The molecule has 0 saturated carbocycles. The highest BCUT2D eigenvalue weighted by molar-refractivity contribution is 5.82. The average Bonchev–Trinajstić information content (AvgIpc) is 2.87. The summed E-state index contributed by atoms with van der Waals surface area (Å²) in [6.07, 6.45) is 1.91. The van der Waals surface area contributed by atoms with E-state index < -0.39 is 5.54 Å². The fourth-order valence-electron chi connectivity index (χ4n) is 2.37. The maximum atomic E-state index is 6.05. The number of aryl methyl sites for hydroxylation is 1. The van der Waals surface area contributed by atoms with Gasteiger partial charge in [0.1, 0.15) is 5.69 Å². The Morgan fingerprint density at radius 3 is 2.71 bits per heavy atom. The summed E-state index contributed by atoms with van der Waals surface area (Å²) in [6, 6.07) is 10.2. The maximum Gasteiger partial charge on any atom is 0.102 e. The van der Waals surface area contributed by atoms with Crippen LogP contribution in [0.3, 0.4) is 0 Å². The minimum Gasteiger partial charge on any atom is -0.320 e. The molecule has 0 aliphatic carbocycles. The Labute approximate surface area is 123 Å². The fourth-order valence-corrected chi connectivity index (χ4v) is 2.37. The van der Waals surface area contributed by atoms with E-state index in [9.17, 15) is 0 Å². The highest BCUT2D eigenvalue weighted by Gasteiger charge is 2.18. The lowest BCUT2D eigenvalue weighted by atomic mass is 10.0. The molecule has 3 rings (SSSR count). The number of hydrogen-bond donors (Lipinski definition) is 1. The number of benzene rings is 1. The van der Waals surface area contributed by atoms with Gasteiger partial charge in [0.05, 0.1) is 23.8 Å². The average molecular weight is 281 g/mol. The van der Waals surface area contributed by atoms with Crippen molar-refractivity contribution >= 4 is 10.9 Å². The Hall–Kier alpha value is -2.27. The van der Waals surface area contributed by atoms with Gasteiger partial charge in [-0.3, -0.25) is 4.98 Å². The first-order valence-electron chi connectivity index (χ1n) is 6.98. The minimum atomic E-state index is -0.478. The van der Waals surface area contributed by atoms with E-state index in [4.69, 9.17) is 5.73 Å². The van der Waals surface area contributed by atoms with Crippen molar-refractivity contribution in [3.8, 4) is 0 Å². The third-order valence-corrected chi connectivity index (χ3v) is 3.46. The van der Waals surface area contributed by atoms with Crippen molar-refractivity contribution in [3.63, 3.8) is 0 Å². The predicted octanol–water partition coefficient (Wildman–Crippen LogP) is 2.38. The summed E-state index contributed by atoms with van der Waals surface area (Å²) in [7, 11) is 0. The van der Waals surface area contributed by atoms with Gasteiger partial charge in [-0.1, -0.05) is 23.4 Å². The van der Waals surface area contributed by atoms with Gasteiger partial charge >= 0.3 is 0 Å². The largest absolute Gasteiger partial charge is 0.320 e. The number of hydrogen-bond acceptors (Lipinski definition) is 4. The van der Waals surface area contributed by atoms with Crippen molar-refractivity contribution < 1.29 is 0 Å². The van der Waals surface area contributed by atoms with Crippen LogP contribution in [0.15, 0.2) is 36.5 Å². The van der Waals surface area contributed by atoms with E-state index in [0.29, 0.717) is 6.54 Å². The lowest BCUT2D eigenvalue weighted by molar-refractivity contribution is 0.533. The molecule has 0 fully saturated rings. The molecule has 0 saturated heterocycles. The second-order valence-electron chi connectivity index (χ2n) is 5.96. The predicted molar refractivity (Wildman–Crippen MR) is 82.8 cm³/mol. The van der Waals surface area contributed by atoms with Crippen LogP contribution < -0.4 is 5.73 Å². The van der Waals surface area contributed by atoms with Crippen molar-refractivity contribution in [2.75, 3.05) is 0 Å². The summed E-state index contributed by atoms with van der Waals surface area (Å²) in [5.74, 6) is 0. The molecule has 1 aromatic carbocycles. The molecule has 0 aliphatic heterocycles. The quantitative estimate of drug-likeness (QED) is 0.800. The Morgan fingerprint density at radius 1 is 1.24 bits per heavy atom. The molecule has 2 N–H and O–H groups in total. The van der Waals surface area contributed by atoms with Gasteiger partial charge in [0.25, 0.3) is 0 Å². The highest BCUT2D eigenvalue weighted by atomic mass is 15.4. The van der Waals surface area contributed by atoms with Crippen LogP contribution in [0.4, 0.5) is 0 Å². The van der Waals surface area contributed by atoms with E-state index in [1.54, 1.807) is 0 Å². The summed E-state index contributed by atoms with van der Waals surface area (Å²) < 4.78 is 1.82. The number of rotatable bonds is 3. The highest BCUT2D eigenvalue weighted by Crippen LogP contribution is 2.20. The molecule has 0 unspecified atom stereocenters. The van der Waals surface area contributed by atoms with E-state index in [1.165, 1.54) is 5.56 Å². The number of fused-ring (bicyclic) bond motifs is 1. The van der Waals surface area contributed by atoms with Crippen molar-refractivity contribution in [2.45, 2.75) is 32.9 Å². The van der Waals surface area contributed by atoms with E-state index in [-0.39, 0.29) is 0 Å². The van der Waals surface area contributed by atoms with Crippen LogP contribution in [0.25, 0.3) is 10.9 Å². The topological polar surface area (TPSA) is 69.6 Å². The molecular formula is C16H19N5. The van der Waals surface area contributed by atoms with E-state index in [1.807, 2.05) is 49.8 Å². The summed E-state index contributed by atoms with van der Waals surface area (Å²) in [5, 5.41) is 9.48. The normalized spacial score (nSPS) is 12.0. The van der Waals surface area contributed by atoms with Gasteiger partial charge in [-0.15, -0.1) is 5.10 Å². The number of nitrogens with two attached hydrogens (primary N) is 1. The first-order valence-corrected chi connectivity index (χ1v) is 6.98. The Morgan fingerprint density at radius 2 is 2.00 bits per heavy atom. The molecule has 0 aliphatic rings. The van der Waals surface area contributed by atoms with Gasteiger partial charge in [-0.05, 0) is 38.5 Å². The van der Waals surface area contributed by atoms with E-state index >= 15 is 0 Å². The molecule has 5 nitrogen and oxygen atoms in total. The summed E-state index contributed by atoms with van der Waals surface area (Å²) in [6.45, 7) is 6.51. The smallest absolute Gasteiger partial charge is 0.102 e. The zero-order chi connectivity index (χ0) is 15.0. The number of pyridine rings is 1. The molecule has 0 spiro atoms. The van der Waals surface area contributed by atoms with Gasteiger partial charge in [-0.25, -0.2) is 4.68 Å². The molecule has 2 aromatic heterocycles. The van der Waals surface area contributed by atoms with Crippen molar-refractivity contribution in [3.05, 3.63) is 53.5 Å². The van der Waals surface area contributed by atoms with Gasteiger partial charge in [0.15, 0.2) is 0 Å².